The van der Waals surface area contributed by atoms with E-state index in [0.717, 1.165) is 51.9 Å². The summed E-state index contributed by atoms with van der Waals surface area (Å²) in [7, 11) is 0. The van der Waals surface area contributed by atoms with Gasteiger partial charge < -0.3 is 14.1 Å². The van der Waals surface area contributed by atoms with Gasteiger partial charge in [-0.2, -0.15) is 0 Å². The van der Waals surface area contributed by atoms with Crippen molar-refractivity contribution in [1.29, 1.82) is 0 Å². The molecule has 1 aliphatic carbocycles. The normalized spacial score (nSPS) is 22.6. The fourth-order valence-corrected chi connectivity index (χ4v) is 5.54. The van der Waals surface area contributed by atoms with Crippen molar-refractivity contribution in [3.63, 3.8) is 0 Å². The van der Waals surface area contributed by atoms with Gasteiger partial charge in [0.15, 0.2) is 0 Å². The van der Waals surface area contributed by atoms with Crippen LogP contribution in [-0.4, -0.2) is 60.6 Å². The summed E-state index contributed by atoms with van der Waals surface area (Å²) in [5.41, 5.74) is 3.05. The van der Waals surface area contributed by atoms with Crippen molar-refractivity contribution in [3.8, 4) is 0 Å². The zero-order chi connectivity index (χ0) is 21.8. The van der Waals surface area contributed by atoms with Crippen LogP contribution in [0.15, 0.2) is 53.2 Å². The standard InChI is InChI=1S/C27H34N2O3/c30-27(10-9-25-7-3-15-31-25)29(20-26-8-4-16-32-26)19-21-11-13-28(14-12-21)24-17-22-5-1-2-6-23(22)18-24/h1-3,5-7,9-10,15,21,24,26H,4,8,11-14,16-20H2/b10-9+/t26-/m1/s1. The molecule has 0 saturated carbocycles. The number of likely N-dealkylation sites (tertiary alicyclic amines) is 1. The van der Waals surface area contributed by atoms with Gasteiger partial charge in [0.1, 0.15) is 5.76 Å². The van der Waals surface area contributed by atoms with Gasteiger partial charge in [0, 0.05) is 31.8 Å². The van der Waals surface area contributed by atoms with E-state index in [4.69, 9.17) is 9.15 Å². The monoisotopic (exact) mass is 434 g/mol. The van der Waals surface area contributed by atoms with Crippen molar-refractivity contribution in [3.05, 3.63) is 65.6 Å². The molecule has 5 nitrogen and oxygen atoms in total. The maximum Gasteiger partial charge on any atom is 0.246 e. The Hall–Kier alpha value is -2.37. The summed E-state index contributed by atoms with van der Waals surface area (Å²) >= 11 is 0. The molecule has 3 heterocycles. The molecule has 0 unspecified atom stereocenters. The number of piperidine rings is 1. The molecular weight excluding hydrogens is 400 g/mol. The summed E-state index contributed by atoms with van der Waals surface area (Å²) < 4.78 is 11.2. The molecule has 5 rings (SSSR count). The van der Waals surface area contributed by atoms with Crippen molar-refractivity contribution >= 4 is 12.0 Å². The van der Waals surface area contributed by atoms with Gasteiger partial charge in [-0.05, 0) is 86.9 Å². The van der Waals surface area contributed by atoms with Gasteiger partial charge in [0.25, 0.3) is 0 Å². The molecule has 0 radical (unpaired) electrons. The summed E-state index contributed by atoms with van der Waals surface area (Å²) in [5.74, 6) is 1.32. The number of hydrogen-bond donors (Lipinski definition) is 0. The Morgan fingerprint density at radius 3 is 2.47 bits per heavy atom. The fraction of sp³-hybridized carbons (Fsp3) is 0.519. The Morgan fingerprint density at radius 2 is 1.81 bits per heavy atom. The molecule has 3 aliphatic rings. The van der Waals surface area contributed by atoms with E-state index in [1.807, 2.05) is 17.0 Å². The van der Waals surface area contributed by atoms with Crippen molar-refractivity contribution < 1.29 is 13.9 Å². The molecule has 2 saturated heterocycles. The number of furan rings is 1. The average Bonchev–Trinajstić information content (AvgIpc) is 3.59. The van der Waals surface area contributed by atoms with Crippen LogP contribution in [0, 0.1) is 5.92 Å². The van der Waals surface area contributed by atoms with Crippen LogP contribution in [0.2, 0.25) is 0 Å². The van der Waals surface area contributed by atoms with Crippen LogP contribution >= 0.6 is 0 Å². The zero-order valence-electron chi connectivity index (χ0n) is 18.8. The second-order valence-corrected chi connectivity index (χ2v) is 9.54. The molecule has 32 heavy (non-hydrogen) atoms. The molecule has 0 bridgehead atoms. The van der Waals surface area contributed by atoms with E-state index >= 15 is 0 Å². The van der Waals surface area contributed by atoms with E-state index in [2.05, 4.69) is 29.2 Å². The first-order valence-corrected chi connectivity index (χ1v) is 12.2. The molecule has 2 aliphatic heterocycles. The number of fused-ring (bicyclic) bond motifs is 1. The van der Waals surface area contributed by atoms with Crippen molar-refractivity contribution in [2.75, 3.05) is 32.8 Å². The molecule has 1 atom stereocenters. The molecule has 1 aromatic heterocycles. The lowest BCUT2D eigenvalue weighted by molar-refractivity contribution is -0.128. The predicted molar refractivity (Wildman–Crippen MR) is 125 cm³/mol. The second-order valence-electron chi connectivity index (χ2n) is 9.54. The quantitative estimate of drug-likeness (QED) is 0.614. The largest absolute Gasteiger partial charge is 0.465 e. The number of ether oxygens (including phenoxy) is 1. The second kappa shape index (κ2) is 10.1. The number of nitrogens with zero attached hydrogens (tertiary/aromatic N) is 2. The molecular formula is C27H34N2O3. The van der Waals surface area contributed by atoms with E-state index in [1.54, 1.807) is 18.4 Å². The highest BCUT2D eigenvalue weighted by Gasteiger charge is 2.31. The number of carbonyl (C=O) groups is 1. The number of amides is 1. The zero-order valence-corrected chi connectivity index (χ0v) is 18.8. The number of benzene rings is 1. The number of carbonyl (C=O) groups excluding carboxylic acids is 1. The van der Waals surface area contributed by atoms with Crippen LogP contribution in [0.3, 0.4) is 0 Å². The number of rotatable bonds is 7. The minimum absolute atomic E-state index is 0.0607. The third-order valence-corrected chi connectivity index (χ3v) is 7.37. The SMILES string of the molecule is O=C(/C=C/c1ccco1)N(CC1CCN(C2Cc3ccccc3C2)CC1)C[C@H]1CCCO1. The average molecular weight is 435 g/mol. The molecule has 0 N–H and O–H groups in total. The minimum Gasteiger partial charge on any atom is -0.465 e. The van der Waals surface area contributed by atoms with E-state index in [0.29, 0.717) is 24.3 Å². The van der Waals surface area contributed by atoms with E-state index < -0.39 is 0 Å². The van der Waals surface area contributed by atoms with Gasteiger partial charge in [-0.1, -0.05) is 24.3 Å². The molecule has 2 aromatic rings. The van der Waals surface area contributed by atoms with Crippen LogP contribution in [0.1, 0.15) is 42.6 Å². The Morgan fingerprint density at radius 1 is 1.03 bits per heavy atom. The van der Waals surface area contributed by atoms with E-state index in [-0.39, 0.29) is 12.0 Å². The Balaban J connectivity index is 1.16. The smallest absolute Gasteiger partial charge is 0.246 e. The van der Waals surface area contributed by atoms with Crippen LogP contribution in [0.25, 0.3) is 6.08 Å². The topological polar surface area (TPSA) is 45.9 Å². The van der Waals surface area contributed by atoms with Crippen LogP contribution < -0.4 is 0 Å². The Bertz CT molecular complexity index is 884. The molecule has 1 amide bonds. The third-order valence-electron chi connectivity index (χ3n) is 7.37. The van der Waals surface area contributed by atoms with Crippen molar-refractivity contribution in [1.82, 2.24) is 9.80 Å². The maximum atomic E-state index is 13.0. The van der Waals surface area contributed by atoms with Crippen LogP contribution in [0.5, 0.6) is 0 Å². The molecule has 170 valence electrons. The highest BCUT2D eigenvalue weighted by atomic mass is 16.5. The molecule has 0 spiro atoms. The first-order valence-electron chi connectivity index (χ1n) is 12.2. The highest BCUT2D eigenvalue weighted by Crippen LogP contribution is 2.29. The van der Waals surface area contributed by atoms with Crippen LogP contribution in [-0.2, 0) is 22.4 Å². The first kappa shape index (κ1) is 21.5. The van der Waals surface area contributed by atoms with E-state index in [1.165, 1.54) is 24.0 Å². The van der Waals surface area contributed by atoms with Crippen LogP contribution in [0.4, 0.5) is 0 Å². The lowest BCUT2D eigenvalue weighted by atomic mass is 9.94. The summed E-state index contributed by atoms with van der Waals surface area (Å²) in [4.78, 5) is 17.7. The molecule has 2 fully saturated rings. The van der Waals surface area contributed by atoms with Crippen molar-refractivity contribution in [2.24, 2.45) is 5.92 Å². The van der Waals surface area contributed by atoms with Crippen molar-refractivity contribution in [2.45, 2.75) is 50.7 Å². The third kappa shape index (κ3) is 5.16. The highest BCUT2D eigenvalue weighted by molar-refractivity contribution is 5.91. The Labute approximate surface area is 191 Å². The van der Waals surface area contributed by atoms with Gasteiger partial charge in [0.2, 0.25) is 5.91 Å². The van der Waals surface area contributed by atoms with Gasteiger partial charge in [-0.15, -0.1) is 0 Å². The molecule has 5 heteroatoms. The lowest BCUT2D eigenvalue weighted by Gasteiger charge is -2.38. The minimum atomic E-state index is 0.0607. The summed E-state index contributed by atoms with van der Waals surface area (Å²) in [6.07, 6.45) is 12.0. The van der Waals surface area contributed by atoms with E-state index in [9.17, 15) is 4.79 Å². The first-order chi connectivity index (χ1) is 15.7. The summed E-state index contributed by atoms with van der Waals surface area (Å²) in [5, 5.41) is 0. The van der Waals surface area contributed by atoms with Gasteiger partial charge in [0.05, 0.1) is 12.4 Å². The lowest BCUT2D eigenvalue weighted by Crippen LogP contribution is -2.46. The fourth-order valence-electron chi connectivity index (χ4n) is 5.54. The van der Waals surface area contributed by atoms with Gasteiger partial charge in [-0.25, -0.2) is 0 Å². The maximum absolute atomic E-state index is 13.0. The molecule has 1 aromatic carbocycles. The Kier molecular flexibility index (Phi) is 6.75. The summed E-state index contributed by atoms with van der Waals surface area (Å²) in [6, 6.07) is 13.2. The van der Waals surface area contributed by atoms with Gasteiger partial charge >= 0.3 is 0 Å². The number of hydrogen-bond acceptors (Lipinski definition) is 4. The predicted octanol–water partition coefficient (Wildman–Crippen LogP) is 4.18. The summed E-state index contributed by atoms with van der Waals surface area (Å²) in [6.45, 7) is 4.59. The van der Waals surface area contributed by atoms with Gasteiger partial charge in [-0.3, -0.25) is 9.69 Å².